The average Bonchev–Trinajstić information content (AvgIpc) is 2.89. The van der Waals surface area contributed by atoms with Crippen LogP contribution in [0, 0.1) is 6.92 Å². The maximum atomic E-state index is 6.41. The van der Waals surface area contributed by atoms with Gasteiger partial charge >= 0.3 is 0 Å². The fourth-order valence-electron chi connectivity index (χ4n) is 2.07. The van der Waals surface area contributed by atoms with Gasteiger partial charge in [0, 0.05) is 10.9 Å². The SMILES string of the molecule is CNC(c1scc(C)c1Cl)c1c(Br)cnn1C(C)C. The van der Waals surface area contributed by atoms with Crippen LogP contribution in [0.15, 0.2) is 16.0 Å². The van der Waals surface area contributed by atoms with E-state index in [1.54, 1.807) is 11.3 Å². The number of nitrogens with one attached hydrogen (secondary N) is 1. The number of aromatic nitrogens is 2. The standard InChI is InChI=1S/C13H17BrClN3S/c1-7(2)18-12(9(14)5-17-18)11(16-4)13-10(15)8(3)6-19-13/h5-7,11,16H,1-4H3. The van der Waals surface area contributed by atoms with Gasteiger partial charge in [-0.05, 0) is 54.7 Å². The second kappa shape index (κ2) is 5.95. The summed E-state index contributed by atoms with van der Waals surface area (Å²) in [6.45, 7) is 6.28. The van der Waals surface area contributed by atoms with Crippen LogP contribution in [0.5, 0.6) is 0 Å². The Labute approximate surface area is 131 Å². The molecule has 1 N–H and O–H groups in total. The number of rotatable bonds is 4. The van der Waals surface area contributed by atoms with Crippen LogP contribution in [0.4, 0.5) is 0 Å². The Hall–Kier alpha value is -0.360. The van der Waals surface area contributed by atoms with Crippen molar-refractivity contribution in [2.24, 2.45) is 0 Å². The molecule has 2 rings (SSSR count). The molecule has 2 heterocycles. The van der Waals surface area contributed by atoms with E-state index in [-0.39, 0.29) is 6.04 Å². The van der Waals surface area contributed by atoms with Gasteiger partial charge in [-0.25, -0.2) is 0 Å². The van der Waals surface area contributed by atoms with Gasteiger partial charge in [-0.15, -0.1) is 11.3 Å². The molecule has 104 valence electrons. The molecule has 0 radical (unpaired) electrons. The van der Waals surface area contributed by atoms with Crippen molar-refractivity contribution >= 4 is 38.9 Å². The summed E-state index contributed by atoms with van der Waals surface area (Å²) in [6, 6.07) is 0.349. The van der Waals surface area contributed by atoms with Gasteiger partial charge in [-0.2, -0.15) is 5.10 Å². The van der Waals surface area contributed by atoms with E-state index in [0.29, 0.717) is 6.04 Å². The Morgan fingerprint density at radius 1 is 1.47 bits per heavy atom. The van der Waals surface area contributed by atoms with Crippen molar-refractivity contribution in [3.05, 3.63) is 37.2 Å². The van der Waals surface area contributed by atoms with Crippen molar-refractivity contribution in [1.82, 2.24) is 15.1 Å². The second-order valence-corrected chi connectivity index (χ2v) is 6.88. The van der Waals surface area contributed by atoms with Gasteiger partial charge in [-0.1, -0.05) is 11.6 Å². The third-order valence-corrected chi connectivity index (χ3v) is 5.42. The first-order valence-corrected chi connectivity index (χ1v) is 8.16. The number of nitrogens with zero attached hydrogens (tertiary/aromatic N) is 2. The zero-order chi connectivity index (χ0) is 14.2. The summed E-state index contributed by atoms with van der Waals surface area (Å²) in [5.41, 5.74) is 2.23. The normalized spacial score (nSPS) is 13.2. The zero-order valence-electron chi connectivity index (χ0n) is 11.4. The summed E-state index contributed by atoms with van der Waals surface area (Å²) in [7, 11) is 1.94. The molecule has 0 saturated carbocycles. The highest BCUT2D eigenvalue weighted by molar-refractivity contribution is 9.10. The van der Waals surface area contributed by atoms with E-state index in [0.717, 1.165) is 25.6 Å². The minimum absolute atomic E-state index is 0.0467. The Balaban J connectivity index is 2.54. The smallest absolute Gasteiger partial charge is 0.0866 e. The maximum absolute atomic E-state index is 6.41. The molecular weight excluding hydrogens is 346 g/mol. The summed E-state index contributed by atoms with van der Waals surface area (Å²) < 4.78 is 3.03. The van der Waals surface area contributed by atoms with Crippen LogP contribution >= 0.6 is 38.9 Å². The number of halogens is 2. The second-order valence-electron chi connectivity index (χ2n) is 4.73. The van der Waals surface area contributed by atoms with Crippen LogP contribution in [-0.4, -0.2) is 16.8 Å². The van der Waals surface area contributed by atoms with Gasteiger partial charge in [0.2, 0.25) is 0 Å². The van der Waals surface area contributed by atoms with Gasteiger partial charge in [0.25, 0.3) is 0 Å². The van der Waals surface area contributed by atoms with E-state index in [9.17, 15) is 0 Å². The first-order valence-electron chi connectivity index (χ1n) is 6.11. The van der Waals surface area contributed by atoms with Gasteiger partial charge in [0.05, 0.1) is 27.4 Å². The molecule has 0 aromatic carbocycles. The predicted molar refractivity (Wildman–Crippen MR) is 85.3 cm³/mol. The van der Waals surface area contributed by atoms with Crippen molar-refractivity contribution in [2.75, 3.05) is 7.05 Å². The van der Waals surface area contributed by atoms with E-state index in [2.05, 4.69) is 45.6 Å². The Morgan fingerprint density at radius 3 is 2.63 bits per heavy atom. The quantitative estimate of drug-likeness (QED) is 0.864. The van der Waals surface area contributed by atoms with E-state index < -0.39 is 0 Å². The van der Waals surface area contributed by atoms with Gasteiger partial charge < -0.3 is 5.32 Å². The molecule has 0 bridgehead atoms. The lowest BCUT2D eigenvalue weighted by atomic mass is 10.1. The van der Waals surface area contributed by atoms with E-state index in [4.69, 9.17) is 11.6 Å². The molecule has 2 aromatic heterocycles. The zero-order valence-corrected chi connectivity index (χ0v) is 14.5. The molecule has 0 saturated heterocycles. The molecule has 0 aliphatic carbocycles. The lowest BCUT2D eigenvalue weighted by Crippen LogP contribution is -2.22. The van der Waals surface area contributed by atoms with Crippen LogP contribution in [0.3, 0.4) is 0 Å². The summed E-state index contributed by atoms with van der Waals surface area (Å²) in [5.74, 6) is 0. The molecule has 2 aromatic rings. The van der Waals surface area contributed by atoms with E-state index >= 15 is 0 Å². The predicted octanol–water partition coefficient (Wildman–Crippen LogP) is 4.56. The summed E-state index contributed by atoms with van der Waals surface area (Å²) in [5, 5.41) is 10.7. The van der Waals surface area contributed by atoms with Crippen molar-refractivity contribution in [3.8, 4) is 0 Å². The Morgan fingerprint density at radius 2 is 2.16 bits per heavy atom. The van der Waals surface area contributed by atoms with Crippen molar-refractivity contribution in [1.29, 1.82) is 0 Å². The fourth-order valence-corrected chi connectivity index (χ4v) is 3.98. The van der Waals surface area contributed by atoms with Gasteiger partial charge in [0.15, 0.2) is 0 Å². The first-order chi connectivity index (χ1) is 8.97. The van der Waals surface area contributed by atoms with Crippen molar-refractivity contribution in [3.63, 3.8) is 0 Å². The monoisotopic (exact) mass is 361 g/mol. The molecule has 0 amide bonds. The van der Waals surface area contributed by atoms with Crippen LogP contribution in [-0.2, 0) is 0 Å². The van der Waals surface area contributed by atoms with Crippen LogP contribution < -0.4 is 5.32 Å². The van der Waals surface area contributed by atoms with Crippen molar-refractivity contribution < 1.29 is 0 Å². The summed E-state index contributed by atoms with van der Waals surface area (Å²) in [4.78, 5) is 1.13. The van der Waals surface area contributed by atoms with Crippen LogP contribution in [0.25, 0.3) is 0 Å². The molecule has 0 aliphatic heterocycles. The minimum atomic E-state index is 0.0467. The van der Waals surface area contributed by atoms with Crippen LogP contribution in [0.2, 0.25) is 5.02 Å². The lowest BCUT2D eigenvalue weighted by Gasteiger charge is -2.20. The largest absolute Gasteiger partial charge is 0.307 e. The Bertz CT molecular complexity index is 576. The third-order valence-electron chi connectivity index (χ3n) is 3.03. The highest BCUT2D eigenvalue weighted by Crippen LogP contribution is 2.38. The maximum Gasteiger partial charge on any atom is 0.0866 e. The number of hydrogen-bond donors (Lipinski definition) is 1. The topological polar surface area (TPSA) is 29.9 Å². The number of aryl methyl sites for hydroxylation is 1. The van der Waals surface area contributed by atoms with E-state index in [1.165, 1.54) is 0 Å². The van der Waals surface area contributed by atoms with Gasteiger partial charge in [0.1, 0.15) is 0 Å². The average molecular weight is 363 g/mol. The molecule has 0 fully saturated rings. The fraction of sp³-hybridized carbons (Fsp3) is 0.462. The molecule has 0 aliphatic rings. The van der Waals surface area contributed by atoms with Crippen molar-refractivity contribution in [2.45, 2.75) is 32.9 Å². The minimum Gasteiger partial charge on any atom is -0.307 e. The number of hydrogen-bond acceptors (Lipinski definition) is 3. The summed E-state index contributed by atoms with van der Waals surface area (Å²) in [6.07, 6.45) is 1.84. The molecule has 0 spiro atoms. The highest BCUT2D eigenvalue weighted by atomic mass is 79.9. The molecule has 3 nitrogen and oxygen atoms in total. The van der Waals surface area contributed by atoms with Crippen LogP contribution in [0.1, 0.15) is 42.1 Å². The highest BCUT2D eigenvalue weighted by Gasteiger charge is 2.25. The third kappa shape index (κ3) is 2.75. The number of thiophene rings is 1. The van der Waals surface area contributed by atoms with Gasteiger partial charge in [-0.3, -0.25) is 4.68 Å². The first kappa shape index (κ1) is 15.0. The molecule has 19 heavy (non-hydrogen) atoms. The molecular formula is C13H17BrClN3S. The Kier molecular flexibility index (Phi) is 4.71. The molecule has 1 unspecified atom stereocenters. The molecule has 6 heteroatoms. The lowest BCUT2D eigenvalue weighted by molar-refractivity contribution is 0.485. The summed E-state index contributed by atoms with van der Waals surface area (Å²) >= 11 is 11.7. The molecule has 1 atom stereocenters. The van der Waals surface area contributed by atoms with E-state index in [1.807, 2.05) is 24.9 Å².